The number of para-hydroxylation sites is 2. The second-order valence-electron chi connectivity index (χ2n) is 6.92. The topological polar surface area (TPSA) is 58.6 Å². The highest BCUT2D eigenvalue weighted by Gasteiger charge is 2.38. The van der Waals surface area contributed by atoms with Gasteiger partial charge in [0.05, 0.1) is 7.11 Å². The van der Waals surface area contributed by atoms with Crippen molar-refractivity contribution in [2.24, 2.45) is 0 Å². The van der Waals surface area contributed by atoms with Crippen LogP contribution < -0.4 is 15.0 Å². The molecule has 0 aliphatic carbocycles. The Morgan fingerprint density at radius 1 is 0.966 bits per heavy atom. The molecule has 2 amide bonds. The number of carbonyl (C=O) groups excluding carboxylic acids is 2. The molecule has 4 rings (SSSR count). The first-order valence-corrected chi connectivity index (χ1v) is 9.55. The summed E-state index contributed by atoms with van der Waals surface area (Å²) < 4.78 is 5.36. The molecule has 0 bridgehead atoms. The average molecular weight is 386 g/mol. The third-order valence-electron chi connectivity index (χ3n) is 5.16. The van der Waals surface area contributed by atoms with Gasteiger partial charge < -0.3 is 10.1 Å². The molecule has 1 N–H and O–H groups in total. The Balaban J connectivity index is 1.58. The maximum atomic E-state index is 13.2. The lowest BCUT2D eigenvalue weighted by molar-refractivity contribution is -0.122. The van der Waals surface area contributed by atoms with Gasteiger partial charge in [-0.15, -0.1) is 0 Å². The van der Waals surface area contributed by atoms with Crippen LogP contribution in [0.3, 0.4) is 0 Å². The number of nitrogens with zero attached hydrogens (tertiary/aromatic N) is 1. The van der Waals surface area contributed by atoms with Crippen molar-refractivity contribution in [1.29, 1.82) is 0 Å². The van der Waals surface area contributed by atoms with Crippen molar-refractivity contribution < 1.29 is 14.3 Å². The smallest absolute Gasteiger partial charge is 0.259 e. The van der Waals surface area contributed by atoms with E-state index in [4.69, 9.17) is 4.74 Å². The molecule has 5 nitrogen and oxygen atoms in total. The van der Waals surface area contributed by atoms with Crippen molar-refractivity contribution >= 4 is 17.5 Å². The van der Waals surface area contributed by atoms with E-state index in [1.165, 1.54) is 0 Å². The van der Waals surface area contributed by atoms with Crippen molar-refractivity contribution in [2.45, 2.75) is 19.0 Å². The van der Waals surface area contributed by atoms with E-state index < -0.39 is 6.04 Å². The first-order valence-electron chi connectivity index (χ1n) is 9.55. The van der Waals surface area contributed by atoms with E-state index >= 15 is 0 Å². The molecule has 3 aromatic carbocycles. The molecule has 1 aliphatic heterocycles. The van der Waals surface area contributed by atoms with Gasteiger partial charge in [-0.2, -0.15) is 0 Å². The maximum Gasteiger partial charge on any atom is 0.259 e. The van der Waals surface area contributed by atoms with Crippen LogP contribution in [0.5, 0.6) is 5.75 Å². The molecule has 0 fully saturated rings. The Labute approximate surface area is 169 Å². The van der Waals surface area contributed by atoms with Crippen molar-refractivity contribution in [3.8, 4) is 5.75 Å². The number of nitrogens with one attached hydrogen (secondary N) is 1. The SMILES string of the molecule is COc1ccccc1CNC(=O)C1Cc2ccccc2N1C(=O)c1ccccc1. The Morgan fingerprint density at radius 2 is 1.66 bits per heavy atom. The van der Waals surface area contributed by atoms with Crippen LogP contribution in [0.1, 0.15) is 21.5 Å². The van der Waals surface area contributed by atoms with Gasteiger partial charge in [-0.05, 0) is 29.8 Å². The number of hydrogen-bond acceptors (Lipinski definition) is 3. The second-order valence-corrected chi connectivity index (χ2v) is 6.92. The van der Waals surface area contributed by atoms with E-state index in [1.807, 2.05) is 66.7 Å². The summed E-state index contributed by atoms with van der Waals surface area (Å²) in [7, 11) is 1.61. The zero-order valence-corrected chi connectivity index (χ0v) is 16.2. The second kappa shape index (κ2) is 8.19. The first kappa shape index (κ1) is 18.7. The number of benzene rings is 3. The van der Waals surface area contributed by atoms with Crippen molar-refractivity contribution in [1.82, 2.24) is 5.32 Å². The van der Waals surface area contributed by atoms with Crippen molar-refractivity contribution in [2.75, 3.05) is 12.0 Å². The summed E-state index contributed by atoms with van der Waals surface area (Å²) in [5.41, 5.74) is 3.24. The minimum absolute atomic E-state index is 0.173. The Bertz CT molecular complexity index is 1030. The quantitative estimate of drug-likeness (QED) is 0.729. The Kier molecular flexibility index (Phi) is 5.29. The predicted molar refractivity (Wildman–Crippen MR) is 112 cm³/mol. The lowest BCUT2D eigenvalue weighted by Gasteiger charge is -2.25. The number of ether oxygens (including phenoxy) is 1. The summed E-state index contributed by atoms with van der Waals surface area (Å²) in [5, 5.41) is 2.97. The van der Waals surface area contributed by atoms with Gasteiger partial charge in [-0.1, -0.05) is 54.6 Å². The van der Waals surface area contributed by atoms with Crippen LogP contribution in [-0.4, -0.2) is 25.0 Å². The highest BCUT2D eigenvalue weighted by molar-refractivity contribution is 6.11. The monoisotopic (exact) mass is 386 g/mol. The molecule has 0 aromatic heterocycles. The summed E-state index contributed by atoms with van der Waals surface area (Å²) >= 11 is 0. The molecule has 1 heterocycles. The van der Waals surface area contributed by atoms with Crippen LogP contribution in [0.2, 0.25) is 0 Å². The molecule has 146 valence electrons. The van der Waals surface area contributed by atoms with Gasteiger partial charge in [0.2, 0.25) is 5.91 Å². The molecule has 0 spiro atoms. The molecule has 1 unspecified atom stereocenters. The number of methoxy groups -OCH3 is 1. The summed E-state index contributed by atoms with van der Waals surface area (Å²) in [4.78, 5) is 27.9. The normalized spacial score (nSPS) is 14.9. The summed E-state index contributed by atoms with van der Waals surface area (Å²) in [6, 6.07) is 23.7. The molecule has 0 saturated carbocycles. The highest BCUT2D eigenvalue weighted by atomic mass is 16.5. The van der Waals surface area contributed by atoms with Gasteiger partial charge in [0.25, 0.3) is 5.91 Å². The van der Waals surface area contributed by atoms with E-state index in [9.17, 15) is 9.59 Å². The molecule has 3 aromatic rings. The fourth-order valence-electron chi connectivity index (χ4n) is 3.72. The Hall–Kier alpha value is -3.60. The molecular formula is C24H22N2O3. The van der Waals surface area contributed by atoms with Crippen LogP contribution in [-0.2, 0) is 17.8 Å². The third-order valence-corrected chi connectivity index (χ3v) is 5.16. The number of anilines is 1. The summed E-state index contributed by atoms with van der Waals surface area (Å²) in [6.07, 6.45) is 0.493. The van der Waals surface area contributed by atoms with Crippen LogP contribution in [0, 0.1) is 0 Å². The van der Waals surface area contributed by atoms with Gasteiger partial charge in [0.1, 0.15) is 11.8 Å². The average Bonchev–Trinajstić information content (AvgIpc) is 3.17. The lowest BCUT2D eigenvalue weighted by atomic mass is 10.1. The van der Waals surface area contributed by atoms with Crippen molar-refractivity contribution in [3.63, 3.8) is 0 Å². The Morgan fingerprint density at radius 3 is 2.45 bits per heavy atom. The minimum Gasteiger partial charge on any atom is -0.496 e. The van der Waals surface area contributed by atoms with Gasteiger partial charge in [0.15, 0.2) is 0 Å². The molecular weight excluding hydrogens is 364 g/mol. The number of fused-ring (bicyclic) bond motifs is 1. The van der Waals surface area contributed by atoms with Gasteiger partial charge in [-0.3, -0.25) is 14.5 Å². The molecule has 5 heteroatoms. The number of amides is 2. The molecule has 0 radical (unpaired) electrons. The minimum atomic E-state index is -0.588. The number of hydrogen-bond donors (Lipinski definition) is 1. The first-order chi connectivity index (χ1) is 14.2. The zero-order chi connectivity index (χ0) is 20.2. The molecule has 0 saturated heterocycles. The lowest BCUT2D eigenvalue weighted by Crippen LogP contribution is -2.48. The van der Waals surface area contributed by atoms with E-state index in [2.05, 4.69) is 5.32 Å². The van der Waals surface area contributed by atoms with Crippen LogP contribution >= 0.6 is 0 Å². The van der Waals surface area contributed by atoms with Crippen LogP contribution in [0.4, 0.5) is 5.69 Å². The van der Waals surface area contributed by atoms with Crippen LogP contribution in [0.15, 0.2) is 78.9 Å². The predicted octanol–water partition coefficient (Wildman–Crippen LogP) is 3.58. The standard InChI is InChI=1S/C24H22N2O3/c1-29-22-14-8-6-12-19(22)16-25-23(27)21-15-18-11-5-7-13-20(18)26(21)24(28)17-9-3-2-4-10-17/h2-14,21H,15-16H2,1H3,(H,25,27). The fraction of sp³-hybridized carbons (Fsp3) is 0.167. The van der Waals surface area contributed by atoms with Gasteiger partial charge in [0, 0.05) is 29.8 Å². The van der Waals surface area contributed by atoms with Crippen molar-refractivity contribution in [3.05, 3.63) is 95.6 Å². The van der Waals surface area contributed by atoms with E-state index in [0.717, 1.165) is 22.6 Å². The zero-order valence-electron chi connectivity index (χ0n) is 16.2. The van der Waals surface area contributed by atoms with Crippen LogP contribution in [0.25, 0.3) is 0 Å². The highest BCUT2D eigenvalue weighted by Crippen LogP contribution is 2.33. The van der Waals surface area contributed by atoms with E-state index in [0.29, 0.717) is 18.5 Å². The molecule has 1 aliphatic rings. The van der Waals surface area contributed by atoms with E-state index in [-0.39, 0.29) is 11.8 Å². The number of rotatable bonds is 5. The largest absolute Gasteiger partial charge is 0.496 e. The number of carbonyl (C=O) groups is 2. The maximum absolute atomic E-state index is 13.2. The van der Waals surface area contributed by atoms with Gasteiger partial charge in [-0.25, -0.2) is 0 Å². The molecule has 1 atom stereocenters. The fourth-order valence-corrected chi connectivity index (χ4v) is 3.72. The van der Waals surface area contributed by atoms with E-state index in [1.54, 1.807) is 24.1 Å². The van der Waals surface area contributed by atoms with Gasteiger partial charge >= 0.3 is 0 Å². The summed E-state index contributed by atoms with van der Waals surface area (Å²) in [6.45, 7) is 0.336. The summed E-state index contributed by atoms with van der Waals surface area (Å²) in [5.74, 6) is 0.365. The third kappa shape index (κ3) is 3.72. The molecule has 29 heavy (non-hydrogen) atoms.